The molecule has 1 heterocycles. The van der Waals surface area contributed by atoms with Gasteiger partial charge in [-0.15, -0.1) is 13.2 Å². The summed E-state index contributed by atoms with van der Waals surface area (Å²) in [7, 11) is 0. The van der Waals surface area contributed by atoms with Gasteiger partial charge in [0.05, 0.1) is 5.69 Å². The third-order valence-corrected chi connectivity index (χ3v) is 4.27. The molecule has 0 saturated heterocycles. The van der Waals surface area contributed by atoms with Crippen molar-refractivity contribution in [1.29, 1.82) is 0 Å². The fourth-order valence-electron chi connectivity index (χ4n) is 2.92. The first-order chi connectivity index (χ1) is 14.9. The van der Waals surface area contributed by atoms with Gasteiger partial charge in [0.25, 0.3) is 0 Å². The predicted molar refractivity (Wildman–Crippen MR) is 109 cm³/mol. The molecule has 0 fully saturated rings. The molecule has 0 aliphatic heterocycles. The summed E-state index contributed by atoms with van der Waals surface area (Å²) in [6.07, 6.45) is -4.76. The fourth-order valence-corrected chi connectivity index (χ4v) is 2.92. The SMILES string of the molecule is Fc1ccccc1-c1cc(Nc2ccc(OC(F)(F)F)cc2)nc(-c2ccccc2)n1. The molecule has 3 aromatic carbocycles. The molecule has 156 valence electrons. The second-order valence-electron chi connectivity index (χ2n) is 6.51. The lowest BCUT2D eigenvalue weighted by atomic mass is 10.1. The van der Waals surface area contributed by atoms with Gasteiger partial charge in [0, 0.05) is 22.9 Å². The van der Waals surface area contributed by atoms with Crippen LogP contribution in [-0.4, -0.2) is 16.3 Å². The fraction of sp³-hybridized carbons (Fsp3) is 0.0435. The van der Waals surface area contributed by atoms with Gasteiger partial charge in [0.1, 0.15) is 17.4 Å². The number of ether oxygens (including phenoxy) is 1. The number of hydrogen-bond acceptors (Lipinski definition) is 4. The van der Waals surface area contributed by atoms with E-state index < -0.39 is 12.2 Å². The van der Waals surface area contributed by atoms with Crippen LogP contribution in [0.1, 0.15) is 0 Å². The van der Waals surface area contributed by atoms with E-state index in [2.05, 4.69) is 20.0 Å². The maximum atomic E-state index is 14.4. The van der Waals surface area contributed by atoms with Crippen LogP contribution in [0, 0.1) is 5.82 Å². The molecule has 4 rings (SSSR count). The quantitative estimate of drug-likeness (QED) is 0.366. The Labute approximate surface area is 175 Å². The Morgan fingerprint density at radius 1 is 0.774 bits per heavy atom. The first-order valence-electron chi connectivity index (χ1n) is 9.20. The van der Waals surface area contributed by atoms with Gasteiger partial charge in [0.2, 0.25) is 0 Å². The van der Waals surface area contributed by atoms with Crippen molar-refractivity contribution in [3.63, 3.8) is 0 Å². The summed E-state index contributed by atoms with van der Waals surface area (Å²) >= 11 is 0. The monoisotopic (exact) mass is 425 g/mol. The van der Waals surface area contributed by atoms with Crippen LogP contribution in [0.2, 0.25) is 0 Å². The second-order valence-corrected chi connectivity index (χ2v) is 6.51. The lowest BCUT2D eigenvalue weighted by Gasteiger charge is -2.12. The Kier molecular flexibility index (Phi) is 5.53. The molecule has 0 aliphatic rings. The highest BCUT2D eigenvalue weighted by atomic mass is 19.4. The largest absolute Gasteiger partial charge is 0.573 e. The van der Waals surface area contributed by atoms with Crippen LogP contribution in [0.15, 0.2) is 84.9 Å². The molecule has 31 heavy (non-hydrogen) atoms. The van der Waals surface area contributed by atoms with Crippen molar-refractivity contribution in [2.24, 2.45) is 0 Å². The number of alkyl halides is 3. The van der Waals surface area contributed by atoms with E-state index in [9.17, 15) is 17.6 Å². The molecule has 0 saturated carbocycles. The van der Waals surface area contributed by atoms with Crippen LogP contribution in [0.25, 0.3) is 22.6 Å². The van der Waals surface area contributed by atoms with E-state index in [4.69, 9.17) is 0 Å². The van der Waals surface area contributed by atoms with Crippen molar-refractivity contribution in [3.05, 3.63) is 90.7 Å². The van der Waals surface area contributed by atoms with Gasteiger partial charge >= 0.3 is 6.36 Å². The average Bonchev–Trinajstić information content (AvgIpc) is 2.75. The zero-order chi connectivity index (χ0) is 21.8. The Morgan fingerprint density at radius 3 is 2.13 bits per heavy atom. The van der Waals surface area contributed by atoms with Crippen molar-refractivity contribution >= 4 is 11.5 Å². The van der Waals surface area contributed by atoms with Crippen molar-refractivity contribution in [2.75, 3.05) is 5.32 Å². The molecule has 0 amide bonds. The molecule has 0 atom stereocenters. The minimum Gasteiger partial charge on any atom is -0.406 e. The number of benzene rings is 3. The minimum absolute atomic E-state index is 0.305. The smallest absolute Gasteiger partial charge is 0.406 e. The highest BCUT2D eigenvalue weighted by molar-refractivity contribution is 5.70. The highest BCUT2D eigenvalue weighted by Gasteiger charge is 2.30. The van der Waals surface area contributed by atoms with Gasteiger partial charge in [-0.25, -0.2) is 14.4 Å². The van der Waals surface area contributed by atoms with E-state index in [1.165, 1.54) is 30.3 Å². The van der Waals surface area contributed by atoms with Crippen LogP contribution in [0.5, 0.6) is 5.75 Å². The summed E-state index contributed by atoms with van der Waals surface area (Å²) in [6.45, 7) is 0. The van der Waals surface area contributed by atoms with Crippen LogP contribution < -0.4 is 10.1 Å². The molecule has 1 aromatic heterocycles. The van der Waals surface area contributed by atoms with Crippen LogP contribution in [0.3, 0.4) is 0 Å². The summed E-state index contributed by atoms with van der Waals surface area (Å²) in [6, 6.07) is 22.2. The van der Waals surface area contributed by atoms with Gasteiger partial charge < -0.3 is 10.1 Å². The lowest BCUT2D eigenvalue weighted by molar-refractivity contribution is -0.274. The molecular formula is C23H15F4N3O. The van der Waals surface area contributed by atoms with Gasteiger partial charge in [-0.05, 0) is 36.4 Å². The molecule has 0 aliphatic carbocycles. The first kappa shape index (κ1) is 20.3. The Hall–Kier alpha value is -3.94. The molecule has 0 spiro atoms. The van der Waals surface area contributed by atoms with Gasteiger partial charge in [-0.3, -0.25) is 0 Å². The zero-order valence-electron chi connectivity index (χ0n) is 15.9. The summed E-state index contributed by atoms with van der Waals surface area (Å²) in [5.41, 5.74) is 1.88. The average molecular weight is 425 g/mol. The minimum atomic E-state index is -4.76. The van der Waals surface area contributed by atoms with Crippen molar-refractivity contribution in [1.82, 2.24) is 9.97 Å². The maximum Gasteiger partial charge on any atom is 0.573 e. The molecular weight excluding hydrogens is 410 g/mol. The second kappa shape index (κ2) is 8.43. The van der Waals surface area contributed by atoms with Gasteiger partial charge in [-0.1, -0.05) is 42.5 Å². The normalized spacial score (nSPS) is 11.2. The predicted octanol–water partition coefficient (Wildman–Crippen LogP) is 6.59. The Morgan fingerprint density at radius 2 is 1.45 bits per heavy atom. The third-order valence-electron chi connectivity index (χ3n) is 4.27. The van der Waals surface area contributed by atoms with Crippen molar-refractivity contribution in [3.8, 4) is 28.4 Å². The standard InChI is InChI=1S/C23H15F4N3O/c24-19-9-5-4-8-18(19)20-14-21(30-22(29-20)15-6-2-1-3-7-15)28-16-10-12-17(13-11-16)31-23(25,26)27/h1-14H,(H,28,29,30). The van der Waals surface area contributed by atoms with E-state index in [1.54, 1.807) is 24.3 Å². The molecule has 0 unspecified atom stereocenters. The summed E-state index contributed by atoms with van der Waals surface area (Å²) in [5, 5.41) is 3.02. The third kappa shape index (κ3) is 5.16. The van der Waals surface area contributed by atoms with Gasteiger partial charge in [-0.2, -0.15) is 0 Å². The number of nitrogens with one attached hydrogen (secondary N) is 1. The molecule has 0 radical (unpaired) electrons. The number of rotatable bonds is 5. The molecule has 4 nitrogen and oxygen atoms in total. The number of anilines is 2. The molecule has 4 aromatic rings. The van der Waals surface area contributed by atoms with E-state index in [1.807, 2.05) is 30.3 Å². The summed E-state index contributed by atoms with van der Waals surface area (Å²) < 4.78 is 55.3. The maximum absolute atomic E-state index is 14.4. The number of halogens is 4. The van der Waals surface area contributed by atoms with Crippen molar-refractivity contribution in [2.45, 2.75) is 6.36 Å². The Bertz CT molecular complexity index is 1180. The number of hydrogen-bond donors (Lipinski definition) is 1. The van der Waals surface area contributed by atoms with E-state index in [0.29, 0.717) is 28.6 Å². The topological polar surface area (TPSA) is 47.0 Å². The molecule has 8 heteroatoms. The zero-order valence-corrected chi connectivity index (χ0v) is 15.9. The van der Waals surface area contributed by atoms with Crippen molar-refractivity contribution < 1.29 is 22.3 Å². The molecule has 0 bridgehead atoms. The highest BCUT2D eigenvalue weighted by Crippen LogP contribution is 2.29. The summed E-state index contributed by atoms with van der Waals surface area (Å²) in [4.78, 5) is 8.97. The van der Waals surface area contributed by atoms with Gasteiger partial charge in [0.15, 0.2) is 5.82 Å². The van der Waals surface area contributed by atoms with E-state index in [0.717, 1.165) is 5.56 Å². The van der Waals surface area contributed by atoms with E-state index >= 15 is 0 Å². The molecule has 1 N–H and O–H groups in total. The Balaban J connectivity index is 1.70. The number of nitrogens with zero attached hydrogens (tertiary/aromatic N) is 2. The first-order valence-corrected chi connectivity index (χ1v) is 9.20. The summed E-state index contributed by atoms with van der Waals surface area (Å²) in [5.74, 6) is -0.0324. The lowest BCUT2D eigenvalue weighted by Crippen LogP contribution is -2.16. The van der Waals surface area contributed by atoms with Crippen LogP contribution in [0.4, 0.5) is 29.1 Å². The van der Waals surface area contributed by atoms with E-state index in [-0.39, 0.29) is 5.75 Å². The number of aromatic nitrogens is 2. The van der Waals surface area contributed by atoms with Crippen LogP contribution >= 0.6 is 0 Å². The van der Waals surface area contributed by atoms with Crippen LogP contribution in [-0.2, 0) is 0 Å².